The minimum absolute atomic E-state index is 0.412. The molecule has 0 aromatic heterocycles. The summed E-state index contributed by atoms with van der Waals surface area (Å²) >= 11 is 5.95. The van der Waals surface area contributed by atoms with E-state index in [4.69, 9.17) is 11.6 Å². The van der Waals surface area contributed by atoms with Crippen molar-refractivity contribution in [3.05, 3.63) is 112 Å². The minimum atomic E-state index is -0.412. The molecular formula is C28H30ClNO. The van der Waals surface area contributed by atoms with E-state index in [0.29, 0.717) is 0 Å². The molecule has 1 N–H and O–H groups in total. The van der Waals surface area contributed by atoms with Crippen molar-refractivity contribution >= 4 is 17.2 Å². The average molecular weight is 432 g/mol. The number of nitrogens with zero attached hydrogens (tertiary/aromatic N) is 1. The van der Waals surface area contributed by atoms with E-state index in [-0.39, 0.29) is 0 Å². The summed E-state index contributed by atoms with van der Waals surface area (Å²) in [4.78, 5) is 2.43. The summed E-state index contributed by atoms with van der Waals surface area (Å²) in [6.45, 7) is 2.93. The lowest BCUT2D eigenvalue weighted by molar-refractivity contribution is 0.145. The molecule has 1 unspecified atom stereocenters. The molecule has 0 saturated carbocycles. The fourth-order valence-electron chi connectivity index (χ4n) is 4.15. The summed E-state index contributed by atoms with van der Waals surface area (Å²) in [5.74, 6) is 0. The molecule has 160 valence electrons. The normalized spacial score (nSPS) is 15.5. The van der Waals surface area contributed by atoms with Crippen molar-refractivity contribution in [2.75, 3.05) is 19.6 Å². The Bertz CT molecular complexity index is 980. The lowest BCUT2D eigenvalue weighted by Crippen LogP contribution is -2.30. The molecule has 0 fully saturated rings. The minimum Gasteiger partial charge on any atom is -0.388 e. The number of rotatable bonds is 8. The van der Waals surface area contributed by atoms with Crippen LogP contribution in [0, 0.1) is 0 Å². The van der Waals surface area contributed by atoms with E-state index in [1.807, 2.05) is 12.1 Å². The van der Waals surface area contributed by atoms with Crippen LogP contribution in [0.15, 0.2) is 84.9 Å². The van der Waals surface area contributed by atoms with E-state index < -0.39 is 6.10 Å². The van der Waals surface area contributed by atoms with Gasteiger partial charge in [-0.15, -0.1) is 0 Å². The van der Waals surface area contributed by atoms with E-state index in [1.165, 1.54) is 22.3 Å². The molecule has 1 aliphatic rings. The molecule has 1 heterocycles. The van der Waals surface area contributed by atoms with Crippen molar-refractivity contribution < 1.29 is 5.11 Å². The van der Waals surface area contributed by atoms with Crippen molar-refractivity contribution in [2.45, 2.75) is 31.8 Å². The van der Waals surface area contributed by atoms with Crippen molar-refractivity contribution in [1.29, 1.82) is 0 Å². The van der Waals surface area contributed by atoms with Gasteiger partial charge in [0.25, 0.3) is 0 Å². The second-order valence-corrected chi connectivity index (χ2v) is 8.75. The van der Waals surface area contributed by atoms with Crippen molar-refractivity contribution in [1.82, 2.24) is 4.90 Å². The predicted octanol–water partition coefficient (Wildman–Crippen LogP) is 6.34. The fraction of sp³-hybridized carbons (Fsp3) is 0.286. The van der Waals surface area contributed by atoms with Gasteiger partial charge in [0, 0.05) is 24.7 Å². The number of hydrogen-bond acceptors (Lipinski definition) is 2. The first-order valence-electron chi connectivity index (χ1n) is 11.2. The van der Waals surface area contributed by atoms with Gasteiger partial charge in [0.1, 0.15) is 0 Å². The van der Waals surface area contributed by atoms with Gasteiger partial charge in [-0.1, -0.05) is 84.4 Å². The molecule has 1 atom stereocenters. The number of aliphatic hydroxyl groups is 1. The van der Waals surface area contributed by atoms with Gasteiger partial charge in [0.2, 0.25) is 0 Å². The van der Waals surface area contributed by atoms with Gasteiger partial charge in [-0.2, -0.15) is 0 Å². The third-order valence-corrected chi connectivity index (χ3v) is 6.39. The quantitative estimate of drug-likeness (QED) is 0.450. The number of hydrogen-bond donors (Lipinski definition) is 1. The first kappa shape index (κ1) is 21.8. The topological polar surface area (TPSA) is 23.5 Å². The summed E-state index contributed by atoms with van der Waals surface area (Å²) in [5.41, 5.74) is 6.36. The summed E-state index contributed by atoms with van der Waals surface area (Å²) in [7, 11) is 0. The Kier molecular flexibility index (Phi) is 7.58. The maximum Gasteiger partial charge on any atom is 0.0802 e. The van der Waals surface area contributed by atoms with Gasteiger partial charge < -0.3 is 5.11 Å². The molecule has 0 radical (unpaired) electrons. The van der Waals surface area contributed by atoms with Crippen molar-refractivity contribution in [3.8, 4) is 0 Å². The van der Waals surface area contributed by atoms with Crippen molar-refractivity contribution in [2.24, 2.45) is 0 Å². The van der Waals surface area contributed by atoms with Crippen molar-refractivity contribution in [3.63, 3.8) is 0 Å². The molecule has 0 amide bonds. The van der Waals surface area contributed by atoms with Crippen LogP contribution >= 0.6 is 11.6 Å². The zero-order valence-corrected chi connectivity index (χ0v) is 18.6. The Labute approximate surface area is 190 Å². The number of aliphatic hydroxyl groups excluding tert-OH is 1. The van der Waals surface area contributed by atoms with Gasteiger partial charge in [-0.05, 0) is 65.6 Å². The van der Waals surface area contributed by atoms with Gasteiger partial charge in [0.15, 0.2) is 0 Å². The van der Waals surface area contributed by atoms with Gasteiger partial charge >= 0.3 is 0 Å². The first-order valence-corrected chi connectivity index (χ1v) is 11.5. The predicted molar refractivity (Wildman–Crippen MR) is 130 cm³/mol. The maximum atomic E-state index is 10.7. The molecule has 4 rings (SSSR count). The van der Waals surface area contributed by atoms with Crippen LogP contribution in [0.5, 0.6) is 0 Å². The Morgan fingerprint density at radius 1 is 0.839 bits per heavy atom. The standard InChI is InChI=1S/C28H30ClNO/c29-27-14-10-23(11-15-27)7-6-22-8-12-26(13-9-22)28(31)18-21-30-19-16-25(17-20-30)24-4-2-1-3-5-24/h1-5,8-16,28,31H,6-7,17-21H2. The fourth-order valence-corrected chi connectivity index (χ4v) is 4.27. The SMILES string of the molecule is OC(CCN1CC=C(c2ccccc2)CC1)c1ccc(CCc2ccc(Cl)cc2)cc1. The smallest absolute Gasteiger partial charge is 0.0802 e. The molecular weight excluding hydrogens is 402 g/mol. The molecule has 0 bridgehead atoms. The van der Waals surface area contributed by atoms with E-state index >= 15 is 0 Å². The van der Waals surface area contributed by atoms with Crippen LogP contribution < -0.4 is 0 Å². The zero-order valence-electron chi connectivity index (χ0n) is 17.9. The lowest BCUT2D eigenvalue weighted by atomic mass is 9.98. The Morgan fingerprint density at radius 3 is 2.10 bits per heavy atom. The highest BCUT2D eigenvalue weighted by molar-refractivity contribution is 6.30. The highest BCUT2D eigenvalue weighted by Gasteiger charge is 2.15. The number of benzene rings is 3. The van der Waals surface area contributed by atoms with E-state index in [2.05, 4.69) is 77.7 Å². The highest BCUT2D eigenvalue weighted by Crippen LogP contribution is 2.24. The number of halogens is 1. The molecule has 0 saturated heterocycles. The van der Waals surface area contributed by atoms with Crippen LogP contribution in [0.1, 0.15) is 41.2 Å². The third-order valence-electron chi connectivity index (χ3n) is 6.14. The molecule has 0 spiro atoms. The molecule has 2 nitrogen and oxygen atoms in total. The van der Waals surface area contributed by atoms with Gasteiger partial charge in [-0.25, -0.2) is 0 Å². The van der Waals surface area contributed by atoms with Crippen LogP contribution in [0.2, 0.25) is 5.02 Å². The second kappa shape index (κ2) is 10.8. The maximum absolute atomic E-state index is 10.7. The van der Waals surface area contributed by atoms with E-state index in [9.17, 15) is 5.11 Å². The molecule has 31 heavy (non-hydrogen) atoms. The molecule has 0 aliphatic carbocycles. The van der Waals surface area contributed by atoms with Crippen LogP contribution in [0.4, 0.5) is 0 Å². The first-order chi connectivity index (χ1) is 15.2. The van der Waals surface area contributed by atoms with Gasteiger partial charge in [-0.3, -0.25) is 4.90 Å². The molecule has 3 heteroatoms. The highest BCUT2D eigenvalue weighted by atomic mass is 35.5. The second-order valence-electron chi connectivity index (χ2n) is 8.32. The van der Waals surface area contributed by atoms with E-state index in [1.54, 1.807) is 0 Å². The van der Waals surface area contributed by atoms with Crippen LogP contribution in [0.3, 0.4) is 0 Å². The summed E-state index contributed by atoms with van der Waals surface area (Å²) in [5, 5.41) is 11.4. The third kappa shape index (κ3) is 6.30. The average Bonchev–Trinajstić information content (AvgIpc) is 2.83. The largest absolute Gasteiger partial charge is 0.388 e. The van der Waals surface area contributed by atoms with Crippen LogP contribution in [0.25, 0.3) is 5.57 Å². The lowest BCUT2D eigenvalue weighted by Gasteiger charge is -2.27. The zero-order chi connectivity index (χ0) is 21.5. The molecule has 3 aromatic carbocycles. The summed E-state index contributed by atoms with van der Waals surface area (Å²) in [6.07, 6.45) is 5.74. The summed E-state index contributed by atoms with van der Waals surface area (Å²) in [6, 6.07) is 27.1. The Balaban J connectivity index is 1.23. The molecule has 1 aliphatic heterocycles. The Hall–Kier alpha value is -2.39. The van der Waals surface area contributed by atoms with E-state index in [0.717, 1.165) is 55.9 Å². The number of aryl methyl sites for hydroxylation is 2. The van der Waals surface area contributed by atoms with Crippen LogP contribution in [-0.4, -0.2) is 29.6 Å². The monoisotopic (exact) mass is 431 g/mol. The summed E-state index contributed by atoms with van der Waals surface area (Å²) < 4.78 is 0. The molecule has 3 aromatic rings. The van der Waals surface area contributed by atoms with Crippen LogP contribution in [-0.2, 0) is 12.8 Å². The van der Waals surface area contributed by atoms with Gasteiger partial charge in [0.05, 0.1) is 6.10 Å². The Morgan fingerprint density at radius 2 is 1.48 bits per heavy atom.